The SMILES string of the molecule is COc1cc2c(=O)n(C)c3ccc([N+](=O)[O-])cc3c2cc1OC. The fourth-order valence-electron chi connectivity index (χ4n) is 2.71. The van der Waals surface area contributed by atoms with Gasteiger partial charge in [-0.25, -0.2) is 0 Å². The fraction of sp³-hybridized carbons (Fsp3) is 0.188. The van der Waals surface area contributed by atoms with Crippen molar-refractivity contribution in [1.29, 1.82) is 0 Å². The number of hydrogen-bond acceptors (Lipinski definition) is 5. The highest BCUT2D eigenvalue weighted by Gasteiger charge is 2.16. The molecule has 0 aliphatic rings. The number of methoxy groups -OCH3 is 2. The normalized spacial score (nSPS) is 10.9. The maximum atomic E-state index is 12.6. The van der Waals surface area contributed by atoms with Gasteiger partial charge in [-0.2, -0.15) is 0 Å². The van der Waals surface area contributed by atoms with Crippen molar-refractivity contribution in [2.24, 2.45) is 7.05 Å². The van der Waals surface area contributed by atoms with Crippen LogP contribution in [0.25, 0.3) is 21.7 Å². The van der Waals surface area contributed by atoms with E-state index >= 15 is 0 Å². The number of non-ortho nitro benzene ring substituents is 1. The Bertz CT molecular complexity index is 1010. The second-order valence-corrected chi connectivity index (χ2v) is 5.08. The van der Waals surface area contributed by atoms with Crippen LogP contribution in [0.3, 0.4) is 0 Å². The molecule has 0 radical (unpaired) electrons. The van der Waals surface area contributed by atoms with Crippen LogP contribution in [0.15, 0.2) is 35.1 Å². The molecule has 0 spiro atoms. The van der Waals surface area contributed by atoms with Crippen LogP contribution >= 0.6 is 0 Å². The van der Waals surface area contributed by atoms with E-state index in [0.29, 0.717) is 33.2 Å². The molecular formula is C16H14N2O5. The second-order valence-electron chi connectivity index (χ2n) is 5.08. The predicted octanol–water partition coefficient (Wildman–Crippen LogP) is 2.62. The van der Waals surface area contributed by atoms with E-state index in [1.807, 2.05) is 0 Å². The van der Waals surface area contributed by atoms with Gasteiger partial charge in [0, 0.05) is 30.0 Å². The van der Waals surface area contributed by atoms with Gasteiger partial charge >= 0.3 is 0 Å². The molecule has 1 heterocycles. The third kappa shape index (κ3) is 2.17. The molecule has 3 rings (SSSR count). The van der Waals surface area contributed by atoms with Crippen LogP contribution in [0.2, 0.25) is 0 Å². The Morgan fingerprint density at radius 1 is 1.00 bits per heavy atom. The van der Waals surface area contributed by atoms with Crippen molar-refractivity contribution in [2.45, 2.75) is 0 Å². The van der Waals surface area contributed by atoms with Crippen molar-refractivity contribution in [3.8, 4) is 11.5 Å². The number of aromatic nitrogens is 1. The highest BCUT2D eigenvalue weighted by Crippen LogP contribution is 2.35. The summed E-state index contributed by atoms with van der Waals surface area (Å²) in [5.41, 5.74) is 0.370. The van der Waals surface area contributed by atoms with Crippen molar-refractivity contribution in [3.63, 3.8) is 0 Å². The quantitative estimate of drug-likeness (QED) is 0.421. The third-order valence-corrected chi connectivity index (χ3v) is 3.90. The summed E-state index contributed by atoms with van der Waals surface area (Å²) >= 11 is 0. The molecule has 0 unspecified atom stereocenters. The van der Waals surface area contributed by atoms with Gasteiger partial charge in [0.05, 0.1) is 30.0 Å². The van der Waals surface area contributed by atoms with Gasteiger partial charge in [-0.1, -0.05) is 0 Å². The van der Waals surface area contributed by atoms with Crippen molar-refractivity contribution < 1.29 is 14.4 Å². The molecule has 0 aliphatic heterocycles. The number of nitro groups is 1. The standard InChI is InChI=1S/C16H14N2O5/c1-17-13-5-4-9(18(20)21)6-11(13)10-7-14(22-2)15(23-3)8-12(10)16(17)19/h4-8H,1-3H3. The van der Waals surface area contributed by atoms with Gasteiger partial charge in [0.1, 0.15) is 0 Å². The van der Waals surface area contributed by atoms with Gasteiger partial charge in [-0.3, -0.25) is 14.9 Å². The van der Waals surface area contributed by atoms with Crippen molar-refractivity contribution in [1.82, 2.24) is 4.57 Å². The Morgan fingerprint density at radius 3 is 2.17 bits per heavy atom. The summed E-state index contributed by atoms with van der Waals surface area (Å²) in [7, 11) is 4.61. The molecule has 1 aromatic heterocycles. The highest BCUT2D eigenvalue weighted by atomic mass is 16.6. The number of nitro benzene ring substituents is 1. The molecule has 0 aliphatic carbocycles. The van der Waals surface area contributed by atoms with Gasteiger partial charge < -0.3 is 14.0 Å². The van der Waals surface area contributed by atoms with Crippen LogP contribution < -0.4 is 15.0 Å². The van der Waals surface area contributed by atoms with Crippen LogP contribution in [-0.2, 0) is 7.05 Å². The van der Waals surface area contributed by atoms with E-state index in [0.717, 1.165) is 0 Å². The summed E-state index contributed by atoms with van der Waals surface area (Å²) in [6.45, 7) is 0. The molecule has 118 valence electrons. The molecule has 7 nitrogen and oxygen atoms in total. The van der Waals surface area contributed by atoms with Crippen molar-refractivity contribution in [3.05, 3.63) is 50.8 Å². The first kappa shape index (κ1) is 14.8. The molecule has 3 aromatic rings. The molecule has 0 amide bonds. The molecular weight excluding hydrogens is 300 g/mol. The van der Waals surface area contributed by atoms with Crippen LogP contribution in [0.1, 0.15) is 0 Å². The molecule has 0 bridgehead atoms. The largest absolute Gasteiger partial charge is 0.493 e. The van der Waals surface area contributed by atoms with Crippen molar-refractivity contribution in [2.75, 3.05) is 14.2 Å². The number of aryl methyl sites for hydroxylation is 1. The number of ether oxygens (including phenoxy) is 2. The van der Waals surface area contributed by atoms with E-state index in [2.05, 4.69) is 0 Å². The fourth-order valence-corrected chi connectivity index (χ4v) is 2.71. The third-order valence-electron chi connectivity index (χ3n) is 3.90. The van der Waals surface area contributed by atoms with Crippen LogP contribution in [-0.4, -0.2) is 23.7 Å². The van der Waals surface area contributed by atoms with Crippen LogP contribution in [0, 0.1) is 10.1 Å². The summed E-state index contributed by atoms with van der Waals surface area (Å²) < 4.78 is 12.0. The molecule has 0 fully saturated rings. The van der Waals surface area contributed by atoms with Gasteiger partial charge in [0.2, 0.25) is 0 Å². The maximum absolute atomic E-state index is 12.6. The maximum Gasteiger partial charge on any atom is 0.270 e. The predicted molar refractivity (Wildman–Crippen MR) is 86.5 cm³/mol. The van der Waals surface area contributed by atoms with E-state index in [9.17, 15) is 14.9 Å². The molecule has 23 heavy (non-hydrogen) atoms. The molecule has 7 heteroatoms. The average Bonchev–Trinajstić information content (AvgIpc) is 2.57. The molecule has 0 saturated heterocycles. The molecule has 0 N–H and O–H groups in total. The van der Waals surface area contributed by atoms with E-state index in [4.69, 9.17) is 9.47 Å². The Balaban J connectivity index is 2.55. The van der Waals surface area contributed by atoms with E-state index in [1.165, 1.54) is 30.9 Å². The number of hydrogen-bond donors (Lipinski definition) is 0. The minimum Gasteiger partial charge on any atom is -0.493 e. The van der Waals surface area contributed by atoms with Gasteiger partial charge in [0.25, 0.3) is 11.2 Å². The zero-order valence-electron chi connectivity index (χ0n) is 12.8. The lowest BCUT2D eigenvalue weighted by atomic mass is 10.0. The van der Waals surface area contributed by atoms with E-state index in [-0.39, 0.29) is 11.2 Å². The number of nitrogens with zero attached hydrogens (tertiary/aromatic N) is 2. The van der Waals surface area contributed by atoms with Crippen LogP contribution in [0.5, 0.6) is 11.5 Å². The topological polar surface area (TPSA) is 83.6 Å². The minimum atomic E-state index is -0.461. The zero-order valence-corrected chi connectivity index (χ0v) is 12.8. The molecule has 0 saturated carbocycles. The summed E-state index contributed by atoms with van der Waals surface area (Å²) in [5.74, 6) is 0.892. The lowest BCUT2D eigenvalue weighted by Gasteiger charge is -2.12. The lowest BCUT2D eigenvalue weighted by molar-refractivity contribution is -0.384. The number of fused-ring (bicyclic) bond motifs is 3. The average molecular weight is 314 g/mol. The van der Waals surface area contributed by atoms with Crippen LogP contribution in [0.4, 0.5) is 5.69 Å². The van der Waals surface area contributed by atoms with Gasteiger partial charge in [-0.05, 0) is 18.2 Å². The summed E-state index contributed by atoms with van der Waals surface area (Å²) in [6, 6.07) is 7.68. The Morgan fingerprint density at radius 2 is 1.61 bits per heavy atom. The summed E-state index contributed by atoms with van der Waals surface area (Å²) in [4.78, 5) is 23.1. The first-order valence-electron chi connectivity index (χ1n) is 6.80. The van der Waals surface area contributed by atoms with Crippen molar-refractivity contribution >= 4 is 27.4 Å². The minimum absolute atomic E-state index is 0.0350. The Kier molecular flexibility index (Phi) is 3.40. The monoisotopic (exact) mass is 314 g/mol. The first-order chi connectivity index (χ1) is 11.0. The second kappa shape index (κ2) is 5.28. The number of pyridine rings is 1. The molecule has 0 atom stereocenters. The number of rotatable bonds is 3. The smallest absolute Gasteiger partial charge is 0.270 e. The van der Waals surface area contributed by atoms with Gasteiger partial charge in [-0.15, -0.1) is 0 Å². The zero-order chi connectivity index (χ0) is 16.7. The Labute approximate surface area is 130 Å². The molecule has 2 aromatic carbocycles. The van der Waals surface area contributed by atoms with E-state index in [1.54, 1.807) is 25.2 Å². The Hall–Kier alpha value is -3.09. The van der Waals surface area contributed by atoms with Gasteiger partial charge in [0.15, 0.2) is 11.5 Å². The first-order valence-corrected chi connectivity index (χ1v) is 6.80. The highest BCUT2D eigenvalue weighted by molar-refractivity contribution is 6.07. The summed E-state index contributed by atoms with van der Waals surface area (Å²) in [6.07, 6.45) is 0. The summed E-state index contributed by atoms with van der Waals surface area (Å²) in [5, 5.41) is 12.7. The lowest BCUT2D eigenvalue weighted by Crippen LogP contribution is -2.17. The number of benzene rings is 2. The van der Waals surface area contributed by atoms with E-state index < -0.39 is 4.92 Å².